The zero-order chi connectivity index (χ0) is 13.7. The molecule has 0 radical (unpaired) electrons. The summed E-state index contributed by atoms with van der Waals surface area (Å²) in [7, 11) is 0. The van der Waals surface area contributed by atoms with Crippen LogP contribution in [0.25, 0.3) is 0 Å². The quantitative estimate of drug-likeness (QED) is 0.824. The Morgan fingerprint density at radius 1 is 1.37 bits per heavy atom. The highest BCUT2D eigenvalue weighted by Gasteiger charge is 2.10. The van der Waals surface area contributed by atoms with Crippen LogP contribution >= 0.6 is 11.8 Å². The number of rotatable bonds is 6. The summed E-state index contributed by atoms with van der Waals surface area (Å²) in [6.45, 7) is 5.36. The molecule has 0 amide bonds. The summed E-state index contributed by atoms with van der Waals surface area (Å²) in [6, 6.07) is 4.71. The molecule has 0 saturated carbocycles. The van der Waals surface area contributed by atoms with Crippen LogP contribution in [0.15, 0.2) is 32.7 Å². The van der Waals surface area contributed by atoms with E-state index in [9.17, 15) is 4.39 Å². The van der Waals surface area contributed by atoms with Crippen molar-refractivity contribution >= 4 is 11.8 Å². The van der Waals surface area contributed by atoms with Gasteiger partial charge >= 0.3 is 0 Å². The highest BCUT2D eigenvalue weighted by Crippen LogP contribution is 2.29. The van der Waals surface area contributed by atoms with E-state index >= 15 is 0 Å². The van der Waals surface area contributed by atoms with E-state index in [0.29, 0.717) is 17.7 Å². The van der Waals surface area contributed by atoms with Gasteiger partial charge in [0.05, 0.1) is 0 Å². The van der Waals surface area contributed by atoms with Crippen LogP contribution in [0.2, 0.25) is 0 Å². The fraction of sp³-hybridized carbons (Fsp3) is 0.385. The summed E-state index contributed by atoms with van der Waals surface area (Å²) in [5, 5.41) is 11.4. The molecule has 0 atom stereocenters. The Morgan fingerprint density at radius 2 is 2.21 bits per heavy atom. The minimum atomic E-state index is -0.237. The van der Waals surface area contributed by atoms with Gasteiger partial charge in [0.15, 0.2) is 0 Å². The van der Waals surface area contributed by atoms with Gasteiger partial charge in [-0.1, -0.05) is 6.92 Å². The Morgan fingerprint density at radius 3 is 2.89 bits per heavy atom. The molecule has 0 saturated heterocycles. The second kappa shape index (κ2) is 6.68. The van der Waals surface area contributed by atoms with Crippen molar-refractivity contribution in [3.05, 3.63) is 35.5 Å². The lowest BCUT2D eigenvalue weighted by atomic mass is 10.2. The second-order valence-electron chi connectivity index (χ2n) is 4.12. The van der Waals surface area contributed by atoms with Gasteiger partial charge in [-0.15, -0.1) is 10.2 Å². The van der Waals surface area contributed by atoms with Crippen molar-refractivity contribution in [2.24, 2.45) is 0 Å². The van der Waals surface area contributed by atoms with Crippen LogP contribution in [0.4, 0.5) is 4.39 Å². The Balaban J connectivity index is 2.14. The van der Waals surface area contributed by atoms with Gasteiger partial charge in [0.25, 0.3) is 5.22 Å². The molecule has 4 nitrogen and oxygen atoms in total. The molecule has 0 spiro atoms. The number of hydrogen-bond donors (Lipinski definition) is 1. The summed E-state index contributed by atoms with van der Waals surface area (Å²) < 4.78 is 18.6. The lowest BCUT2D eigenvalue weighted by molar-refractivity contribution is 0.429. The fourth-order valence-electron chi connectivity index (χ4n) is 1.60. The van der Waals surface area contributed by atoms with E-state index in [2.05, 4.69) is 22.4 Å². The maximum absolute atomic E-state index is 13.3. The number of nitrogens with zero attached hydrogens (tertiary/aromatic N) is 2. The summed E-state index contributed by atoms with van der Waals surface area (Å²) in [5.41, 5.74) is 0.898. The first-order valence-corrected chi connectivity index (χ1v) is 6.97. The molecule has 0 unspecified atom stereocenters. The number of aromatic nitrogens is 2. The summed E-state index contributed by atoms with van der Waals surface area (Å²) in [5.74, 6) is 0.287. The molecule has 0 aliphatic carbocycles. The van der Waals surface area contributed by atoms with Crippen LogP contribution in [0.1, 0.15) is 24.8 Å². The first-order chi connectivity index (χ1) is 9.19. The molecule has 102 valence electrons. The van der Waals surface area contributed by atoms with Crippen LogP contribution in [-0.4, -0.2) is 16.7 Å². The standard InChI is InChI=1S/C13H16FN3OS/c1-3-6-15-8-10-7-11(14)4-5-12(10)19-13-17-16-9(2)18-13/h4-5,7,15H,3,6,8H2,1-2H3. The highest BCUT2D eigenvalue weighted by atomic mass is 32.2. The highest BCUT2D eigenvalue weighted by molar-refractivity contribution is 7.99. The average molecular weight is 281 g/mol. The smallest absolute Gasteiger partial charge is 0.281 e. The molecule has 1 aromatic carbocycles. The fourth-order valence-corrected chi connectivity index (χ4v) is 2.43. The van der Waals surface area contributed by atoms with E-state index in [-0.39, 0.29) is 5.82 Å². The number of aryl methyl sites for hydroxylation is 1. The molecule has 2 rings (SSSR count). The van der Waals surface area contributed by atoms with E-state index in [1.165, 1.54) is 23.9 Å². The van der Waals surface area contributed by atoms with E-state index in [4.69, 9.17) is 4.42 Å². The van der Waals surface area contributed by atoms with Crippen LogP contribution in [0.3, 0.4) is 0 Å². The number of halogens is 1. The zero-order valence-corrected chi connectivity index (χ0v) is 11.8. The van der Waals surface area contributed by atoms with Crippen molar-refractivity contribution in [1.29, 1.82) is 0 Å². The Hall–Kier alpha value is -1.40. The zero-order valence-electron chi connectivity index (χ0n) is 10.9. The van der Waals surface area contributed by atoms with Crippen LogP contribution in [-0.2, 0) is 6.54 Å². The largest absolute Gasteiger partial charge is 0.416 e. The molecule has 0 bridgehead atoms. The first kappa shape index (κ1) is 14.0. The van der Waals surface area contributed by atoms with Crippen LogP contribution < -0.4 is 5.32 Å². The topological polar surface area (TPSA) is 51.0 Å². The lowest BCUT2D eigenvalue weighted by Crippen LogP contribution is -2.14. The third-order valence-electron chi connectivity index (χ3n) is 2.47. The molecule has 1 heterocycles. The second-order valence-corrected chi connectivity index (χ2v) is 5.11. The third kappa shape index (κ3) is 4.04. The Labute approximate surface area is 115 Å². The molecular weight excluding hydrogens is 265 g/mol. The average Bonchev–Trinajstić information content (AvgIpc) is 2.78. The molecule has 19 heavy (non-hydrogen) atoms. The van der Waals surface area contributed by atoms with Crippen LogP contribution in [0.5, 0.6) is 0 Å². The molecule has 6 heteroatoms. The van der Waals surface area contributed by atoms with Gasteiger partial charge in [0, 0.05) is 18.4 Å². The summed E-state index contributed by atoms with van der Waals surface area (Å²) >= 11 is 1.35. The molecule has 0 aliphatic heterocycles. The van der Waals surface area contributed by atoms with Crippen molar-refractivity contribution in [3.63, 3.8) is 0 Å². The molecule has 0 fully saturated rings. The summed E-state index contributed by atoms with van der Waals surface area (Å²) in [6.07, 6.45) is 1.04. The minimum absolute atomic E-state index is 0.237. The van der Waals surface area contributed by atoms with Gasteiger partial charge in [0.2, 0.25) is 5.89 Å². The van der Waals surface area contributed by atoms with Gasteiger partial charge < -0.3 is 9.73 Å². The minimum Gasteiger partial charge on any atom is -0.416 e. The van der Waals surface area contributed by atoms with Crippen molar-refractivity contribution in [1.82, 2.24) is 15.5 Å². The predicted molar refractivity (Wildman–Crippen MR) is 71.6 cm³/mol. The normalized spacial score (nSPS) is 10.9. The van der Waals surface area contributed by atoms with E-state index in [0.717, 1.165) is 23.4 Å². The van der Waals surface area contributed by atoms with Crippen molar-refractivity contribution in [2.45, 2.75) is 36.9 Å². The summed E-state index contributed by atoms with van der Waals surface area (Å²) in [4.78, 5) is 0.925. The van der Waals surface area contributed by atoms with Gasteiger partial charge in [0.1, 0.15) is 5.82 Å². The van der Waals surface area contributed by atoms with Crippen molar-refractivity contribution in [3.8, 4) is 0 Å². The molecule has 0 aliphatic rings. The Kier molecular flexibility index (Phi) is 4.93. The third-order valence-corrected chi connectivity index (χ3v) is 3.43. The molecule has 2 aromatic rings. The molecule has 1 N–H and O–H groups in total. The molecule has 1 aromatic heterocycles. The van der Waals surface area contributed by atoms with Gasteiger partial charge in [-0.2, -0.15) is 0 Å². The van der Waals surface area contributed by atoms with E-state index < -0.39 is 0 Å². The monoisotopic (exact) mass is 281 g/mol. The number of hydrogen-bond acceptors (Lipinski definition) is 5. The first-order valence-electron chi connectivity index (χ1n) is 6.16. The Bertz CT molecular complexity index is 544. The van der Waals surface area contributed by atoms with E-state index in [1.807, 2.05) is 0 Å². The SMILES string of the molecule is CCCNCc1cc(F)ccc1Sc1nnc(C)o1. The van der Waals surface area contributed by atoms with Crippen molar-refractivity contribution < 1.29 is 8.81 Å². The van der Waals surface area contributed by atoms with Gasteiger partial charge in [-0.3, -0.25) is 0 Å². The van der Waals surface area contributed by atoms with Gasteiger partial charge in [-0.25, -0.2) is 4.39 Å². The maximum atomic E-state index is 13.3. The van der Waals surface area contributed by atoms with E-state index in [1.54, 1.807) is 13.0 Å². The lowest BCUT2D eigenvalue weighted by Gasteiger charge is -2.08. The molecular formula is C13H16FN3OS. The van der Waals surface area contributed by atoms with Gasteiger partial charge in [-0.05, 0) is 48.5 Å². The van der Waals surface area contributed by atoms with Crippen LogP contribution in [0, 0.1) is 12.7 Å². The number of benzene rings is 1. The predicted octanol–water partition coefficient (Wildman–Crippen LogP) is 3.17. The number of nitrogens with one attached hydrogen (secondary N) is 1. The van der Waals surface area contributed by atoms with Crippen molar-refractivity contribution in [2.75, 3.05) is 6.54 Å². The maximum Gasteiger partial charge on any atom is 0.281 e.